The van der Waals surface area contributed by atoms with E-state index in [0.29, 0.717) is 10.4 Å². The van der Waals surface area contributed by atoms with Gasteiger partial charge in [0.2, 0.25) is 0 Å². The second-order valence-electron chi connectivity index (χ2n) is 3.96. The highest BCUT2D eigenvalue weighted by atomic mass is 35.5. The molecule has 1 nitrogen and oxygen atoms in total. The highest BCUT2D eigenvalue weighted by molar-refractivity contribution is 8.00. The maximum absolute atomic E-state index is 6.15. The zero-order chi connectivity index (χ0) is 13.0. The van der Waals surface area contributed by atoms with Gasteiger partial charge in [0.15, 0.2) is 0 Å². The highest BCUT2D eigenvalue weighted by Gasteiger charge is 2.07. The van der Waals surface area contributed by atoms with Crippen LogP contribution in [0.4, 0.5) is 5.69 Å². The minimum Gasteiger partial charge on any atom is -0.235 e. The first-order valence-electron chi connectivity index (χ1n) is 5.71. The van der Waals surface area contributed by atoms with Gasteiger partial charge in [-0.2, -0.15) is 0 Å². The van der Waals surface area contributed by atoms with E-state index in [4.69, 9.17) is 11.6 Å². The number of rotatable bonds is 0. The van der Waals surface area contributed by atoms with E-state index in [1.807, 2.05) is 36.4 Å². The van der Waals surface area contributed by atoms with Gasteiger partial charge in [0, 0.05) is 15.7 Å². The number of aliphatic imine (C=N–C) groups is 1. The summed E-state index contributed by atoms with van der Waals surface area (Å²) in [7, 11) is 0. The number of halogens is 1. The fraction of sp³-hybridized carbons (Fsp3) is 0.133. The Kier molecular flexibility index (Phi) is 4.45. The Morgan fingerprint density at radius 3 is 2.89 bits per heavy atom. The molecule has 1 heterocycles. The van der Waals surface area contributed by atoms with Crippen molar-refractivity contribution >= 4 is 34.2 Å². The molecule has 3 heteroatoms. The molecule has 18 heavy (non-hydrogen) atoms. The third-order valence-electron chi connectivity index (χ3n) is 2.45. The molecule has 1 unspecified atom stereocenters. The number of thioether (sulfide) groups is 1. The van der Waals surface area contributed by atoms with Gasteiger partial charge in [-0.3, -0.25) is 0 Å². The first-order valence-corrected chi connectivity index (χ1v) is 6.96. The molecule has 0 saturated heterocycles. The van der Waals surface area contributed by atoms with Crippen LogP contribution in [0.2, 0.25) is 0 Å². The van der Waals surface area contributed by atoms with Gasteiger partial charge in [-0.15, -0.1) is 11.8 Å². The van der Waals surface area contributed by atoms with Crippen molar-refractivity contribution in [1.29, 1.82) is 0 Å². The summed E-state index contributed by atoms with van der Waals surface area (Å²) in [4.78, 5) is 5.57. The molecule has 2 rings (SSSR count). The van der Waals surface area contributed by atoms with E-state index in [2.05, 4.69) is 30.6 Å². The van der Waals surface area contributed by atoms with Crippen molar-refractivity contribution in [3.63, 3.8) is 0 Å². The average Bonchev–Trinajstić information content (AvgIpc) is 2.37. The Morgan fingerprint density at radius 1 is 1.28 bits per heavy atom. The maximum atomic E-state index is 6.15. The van der Waals surface area contributed by atoms with Crippen LogP contribution < -0.4 is 0 Å². The molecule has 1 atom stereocenters. The van der Waals surface area contributed by atoms with Crippen LogP contribution in [-0.4, -0.2) is 10.4 Å². The maximum Gasteiger partial charge on any atom is 0.136 e. The summed E-state index contributed by atoms with van der Waals surface area (Å²) < 4.78 is 0. The summed E-state index contributed by atoms with van der Waals surface area (Å²) in [5.41, 5.74) is 1.61. The number of hydrogen-bond donors (Lipinski definition) is 0. The molecule has 0 aromatic heterocycles. The second kappa shape index (κ2) is 6.07. The van der Waals surface area contributed by atoms with Crippen LogP contribution in [0.15, 0.2) is 70.6 Å². The molecule has 0 amide bonds. The minimum atomic E-state index is 0.385. The zero-order valence-corrected chi connectivity index (χ0v) is 11.7. The van der Waals surface area contributed by atoms with Crippen LogP contribution >= 0.6 is 23.4 Å². The molecule has 0 fully saturated rings. The van der Waals surface area contributed by atoms with E-state index in [1.165, 1.54) is 0 Å². The number of para-hydroxylation sites is 1. The van der Waals surface area contributed by atoms with E-state index in [9.17, 15) is 0 Å². The van der Waals surface area contributed by atoms with Gasteiger partial charge in [0.1, 0.15) is 5.17 Å². The van der Waals surface area contributed by atoms with Crippen LogP contribution in [0, 0.1) is 0 Å². The van der Waals surface area contributed by atoms with Crippen molar-refractivity contribution in [2.45, 2.75) is 17.1 Å². The molecule has 0 radical (unpaired) electrons. The number of nitrogens with zero attached hydrogens (tertiary/aromatic N) is 1. The fourth-order valence-corrected chi connectivity index (χ4v) is 2.64. The van der Waals surface area contributed by atoms with Crippen LogP contribution in [0.5, 0.6) is 0 Å². The monoisotopic (exact) mass is 275 g/mol. The smallest absolute Gasteiger partial charge is 0.136 e. The topological polar surface area (TPSA) is 12.4 Å². The number of benzene rings is 1. The second-order valence-corrected chi connectivity index (χ2v) is 5.74. The van der Waals surface area contributed by atoms with E-state index in [-0.39, 0.29) is 0 Å². The van der Waals surface area contributed by atoms with Crippen LogP contribution in [-0.2, 0) is 0 Å². The molecule has 1 aromatic rings. The average molecular weight is 276 g/mol. The predicted molar refractivity (Wildman–Crippen MR) is 82.1 cm³/mol. The summed E-state index contributed by atoms with van der Waals surface area (Å²) in [6.07, 6.45) is 7.96. The third-order valence-corrected chi connectivity index (χ3v) is 3.91. The van der Waals surface area contributed by atoms with Crippen LogP contribution in [0.1, 0.15) is 6.92 Å². The van der Waals surface area contributed by atoms with Crippen molar-refractivity contribution in [3.8, 4) is 0 Å². The number of allylic oxidation sites excluding steroid dienone is 4. The Balaban J connectivity index is 2.48. The quantitative estimate of drug-likeness (QED) is 0.640. The fourth-order valence-electron chi connectivity index (χ4n) is 1.53. The molecule has 0 N–H and O–H groups in total. The van der Waals surface area contributed by atoms with Gasteiger partial charge in [0.25, 0.3) is 0 Å². The van der Waals surface area contributed by atoms with Gasteiger partial charge in [0.05, 0.1) is 5.69 Å². The molecular weight excluding hydrogens is 262 g/mol. The Morgan fingerprint density at radius 2 is 2.06 bits per heavy atom. The largest absolute Gasteiger partial charge is 0.235 e. The number of fused-ring (bicyclic) bond motifs is 1. The molecule has 92 valence electrons. The first kappa shape index (κ1) is 13.2. The summed E-state index contributed by atoms with van der Waals surface area (Å²) in [5.74, 6) is 0. The van der Waals surface area contributed by atoms with Crippen LogP contribution in [0.3, 0.4) is 0 Å². The van der Waals surface area contributed by atoms with Gasteiger partial charge in [-0.25, -0.2) is 4.99 Å². The standard InChI is InChI=1S/C15H14ClNS/c1-11-7-3-4-8-12(2)18-14-10-6-5-9-13(14)17-15(11)16/h3-10,12H,1H2,2H3/b7-3-,8-4-,17-15+. The van der Waals surface area contributed by atoms with Crippen molar-refractivity contribution in [3.05, 3.63) is 60.7 Å². The number of hydrogen-bond acceptors (Lipinski definition) is 2. The molecule has 0 spiro atoms. The molecule has 1 aliphatic rings. The van der Waals surface area contributed by atoms with Crippen molar-refractivity contribution in [2.75, 3.05) is 0 Å². The van der Waals surface area contributed by atoms with Gasteiger partial charge < -0.3 is 0 Å². The Hall–Kier alpha value is -1.25. The minimum absolute atomic E-state index is 0.385. The molecule has 1 aromatic carbocycles. The van der Waals surface area contributed by atoms with E-state index >= 15 is 0 Å². The normalized spacial score (nSPS) is 26.4. The van der Waals surface area contributed by atoms with E-state index < -0.39 is 0 Å². The lowest BCUT2D eigenvalue weighted by atomic mass is 10.2. The van der Waals surface area contributed by atoms with E-state index in [1.54, 1.807) is 11.8 Å². The zero-order valence-electron chi connectivity index (χ0n) is 10.1. The summed E-state index contributed by atoms with van der Waals surface area (Å²) in [5, 5.41) is 0.818. The van der Waals surface area contributed by atoms with E-state index in [0.717, 1.165) is 16.2 Å². The summed E-state index contributed by atoms with van der Waals surface area (Å²) in [6.45, 7) is 6.06. The summed E-state index contributed by atoms with van der Waals surface area (Å²) >= 11 is 7.92. The van der Waals surface area contributed by atoms with Gasteiger partial charge >= 0.3 is 0 Å². The molecule has 0 bridgehead atoms. The lowest BCUT2D eigenvalue weighted by Gasteiger charge is -2.08. The molecular formula is C15H14ClNS. The highest BCUT2D eigenvalue weighted by Crippen LogP contribution is 2.33. The van der Waals surface area contributed by atoms with Gasteiger partial charge in [-0.1, -0.05) is 54.6 Å². The lowest BCUT2D eigenvalue weighted by molar-refractivity contribution is 1.23. The molecule has 0 saturated carbocycles. The Labute approximate surface area is 117 Å². The summed E-state index contributed by atoms with van der Waals surface area (Å²) in [6, 6.07) is 8.01. The predicted octanol–water partition coefficient (Wildman–Crippen LogP) is 5.12. The first-order chi connectivity index (χ1) is 8.66. The SMILES string of the molecule is C=C1/C=C\C=C/C(C)Sc2ccccc2/N=C\1Cl. The Bertz CT molecular complexity index is 543. The van der Waals surface area contributed by atoms with Crippen molar-refractivity contribution in [2.24, 2.45) is 4.99 Å². The van der Waals surface area contributed by atoms with Crippen LogP contribution in [0.25, 0.3) is 0 Å². The molecule has 0 aliphatic carbocycles. The van der Waals surface area contributed by atoms with Crippen molar-refractivity contribution < 1.29 is 0 Å². The lowest BCUT2D eigenvalue weighted by Crippen LogP contribution is -1.90. The van der Waals surface area contributed by atoms with Gasteiger partial charge in [-0.05, 0) is 19.1 Å². The van der Waals surface area contributed by atoms with Crippen molar-refractivity contribution in [1.82, 2.24) is 0 Å². The molecule has 1 aliphatic heterocycles. The third kappa shape index (κ3) is 3.37.